The number of hydrogen-bond donors (Lipinski definition) is 2. The van der Waals surface area contributed by atoms with Crippen molar-refractivity contribution in [3.8, 4) is 0 Å². The molecule has 1 saturated heterocycles. The summed E-state index contributed by atoms with van der Waals surface area (Å²) < 4.78 is 13.3. The Morgan fingerprint density at radius 1 is 1.14 bits per heavy atom. The average molecular weight is 312 g/mol. The van der Waals surface area contributed by atoms with Crippen LogP contribution < -0.4 is 10.6 Å². The molecular weight excluding hydrogens is 289 g/mol. The van der Waals surface area contributed by atoms with Gasteiger partial charge in [0.25, 0.3) is 0 Å². The van der Waals surface area contributed by atoms with E-state index in [9.17, 15) is 4.39 Å². The van der Waals surface area contributed by atoms with Crippen molar-refractivity contribution in [2.24, 2.45) is 0 Å². The molecule has 0 amide bonds. The second-order valence-electron chi connectivity index (χ2n) is 6.08. The predicted molar refractivity (Wildman–Crippen MR) is 85.3 cm³/mol. The van der Waals surface area contributed by atoms with Crippen molar-refractivity contribution < 1.29 is 4.39 Å². The van der Waals surface area contributed by atoms with Crippen LogP contribution in [0.1, 0.15) is 32.1 Å². The molecule has 1 aromatic carbocycles. The standard InChI is InChI=1S/C16H23ClFN3/c17-14-12-13(4-5-15(14)18)20-16(6-2-1-3-7-16)21-10-8-19-9-11-21/h4-5,12,19-20H,1-3,6-11H2. The smallest absolute Gasteiger partial charge is 0.141 e. The summed E-state index contributed by atoms with van der Waals surface area (Å²) in [5, 5.41) is 7.28. The molecule has 2 N–H and O–H groups in total. The molecule has 3 nitrogen and oxygen atoms in total. The van der Waals surface area contributed by atoms with Crippen LogP contribution in [0.2, 0.25) is 5.02 Å². The van der Waals surface area contributed by atoms with Gasteiger partial charge in [0, 0.05) is 31.9 Å². The van der Waals surface area contributed by atoms with Crippen LogP contribution in [0.4, 0.5) is 10.1 Å². The molecule has 1 aliphatic carbocycles. The van der Waals surface area contributed by atoms with Crippen LogP contribution in [0.5, 0.6) is 0 Å². The van der Waals surface area contributed by atoms with Crippen molar-refractivity contribution in [3.63, 3.8) is 0 Å². The Bertz CT molecular complexity index is 482. The van der Waals surface area contributed by atoms with Crippen LogP contribution in [0.3, 0.4) is 0 Å². The van der Waals surface area contributed by atoms with Crippen molar-refractivity contribution in [2.45, 2.75) is 37.8 Å². The Hall–Kier alpha value is -0.840. The van der Waals surface area contributed by atoms with Crippen LogP contribution in [0, 0.1) is 5.82 Å². The van der Waals surface area contributed by atoms with Crippen molar-refractivity contribution in [1.29, 1.82) is 0 Å². The average Bonchev–Trinajstić information content (AvgIpc) is 2.53. The largest absolute Gasteiger partial charge is 0.367 e. The van der Waals surface area contributed by atoms with Gasteiger partial charge in [-0.15, -0.1) is 0 Å². The molecule has 3 rings (SSSR count). The number of nitrogens with one attached hydrogen (secondary N) is 2. The molecule has 116 valence electrons. The van der Waals surface area contributed by atoms with Gasteiger partial charge >= 0.3 is 0 Å². The summed E-state index contributed by atoms with van der Waals surface area (Å²) in [5.41, 5.74) is 0.920. The lowest BCUT2D eigenvalue weighted by Gasteiger charge is -2.49. The number of halogens is 2. The third-order valence-electron chi connectivity index (χ3n) is 4.70. The highest BCUT2D eigenvalue weighted by Gasteiger charge is 2.38. The fourth-order valence-electron chi connectivity index (χ4n) is 3.59. The van der Waals surface area contributed by atoms with Gasteiger partial charge in [-0.05, 0) is 43.9 Å². The molecule has 1 saturated carbocycles. The lowest BCUT2D eigenvalue weighted by Crippen LogP contribution is -2.60. The van der Waals surface area contributed by atoms with Crippen LogP contribution in [0.25, 0.3) is 0 Å². The summed E-state index contributed by atoms with van der Waals surface area (Å²) >= 11 is 5.92. The highest BCUT2D eigenvalue weighted by atomic mass is 35.5. The summed E-state index contributed by atoms with van der Waals surface area (Å²) in [5.74, 6) is -0.359. The first-order valence-corrected chi connectivity index (χ1v) is 8.26. The maximum atomic E-state index is 13.3. The highest BCUT2D eigenvalue weighted by Crippen LogP contribution is 2.35. The Morgan fingerprint density at radius 2 is 1.86 bits per heavy atom. The molecule has 5 heteroatoms. The quantitative estimate of drug-likeness (QED) is 0.895. The van der Waals surface area contributed by atoms with Gasteiger partial charge < -0.3 is 10.6 Å². The predicted octanol–water partition coefficient (Wildman–Crippen LogP) is 3.46. The lowest BCUT2D eigenvalue weighted by atomic mass is 9.86. The summed E-state index contributed by atoms with van der Waals surface area (Å²) in [6.07, 6.45) is 6.07. The number of hydrogen-bond acceptors (Lipinski definition) is 3. The molecule has 0 aromatic heterocycles. The van der Waals surface area contributed by atoms with Crippen molar-refractivity contribution in [2.75, 3.05) is 31.5 Å². The van der Waals surface area contributed by atoms with Crippen molar-refractivity contribution in [3.05, 3.63) is 29.0 Å². The minimum absolute atomic E-state index is 0.00150. The molecule has 2 fully saturated rings. The molecule has 21 heavy (non-hydrogen) atoms. The second kappa shape index (κ2) is 6.51. The fraction of sp³-hybridized carbons (Fsp3) is 0.625. The third-order valence-corrected chi connectivity index (χ3v) is 4.99. The highest BCUT2D eigenvalue weighted by molar-refractivity contribution is 6.31. The molecule has 1 aliphatic heterocycles. The van der Waals surface area contributed by atoms with Crippen molar-refractivity contribution >= 4 is 17.3 Å². The van der Waals surface area contributed by atoms with E-state index in [0.717, 1.165) is 44.7 Å². The van der Waals surface area contributed by atoms with Gasteiger partial charge in [-0.3, -0.25) is 4.90 Å². The fourth-order valence-corrected chi connectivity index (χ4v) is 3.77. The van der Waals surface area contributed by atoms with E-state index in [1.54, 1.807) is 12.1 Å². The third kappa shape index (κ3) is 3.33. The summed E-state index contributed by atoms with van der Waals surface area (Å²) in [6, 6.07) is 4.94. The molecule has 0 atom stereocenters. The lowest BCUT2D eigenvalue weighted by molar-refractivity contribution is 0.0623. The molecule has 1 heterocycles. The first-order chi connectivity index (χ1) is 10.2. The minimum Gasteiger partial charge on any atom is -0.367 e. The van der Waals surface area contributed by atoms with E-state index >= 15 is 0 Å². The molecule has 0 spiro atoms. The first kappa shape index (κ1) is 15.1. The maximum absolute atomic E-state index is 13.3. The van der Waals surface area contributed by atoms with Gasteiger partial charge in [0.05, 0.1) is 10.7 Å². The Kier molecular flexibility index (Phi) is 4.67. The van der Waals surface area contributed by atoms with Crippen LogP contribution in [-0.4, -0.2) is 36.7 Å². The number of rotatable bonds is 3. The number of nitrogens with zero attached hydrogens (tertiary/aromatic N) is 1. The summed E-state index contributed by atoms with van der Waals surface area (Å²) in [4.78, 5) is 2.56. The Balaban J connectivity index is 1.82. The van der Waals surface area contributed by atoms with Gasteiger partial charge in [-0.2, -0.15) is 0 Å². The normalized spacial score (nSPS) is 23.0. The summed E-state index contributed by atoms with van der Waals surface area (Å²) in [7, 11) is 0. The first-order valence-electron chi connectivity index (χ1n) is 7.89. The maximum Gasteiger partial charge on any atom is 0.141 e. The van der Waals surface area contributed by atoms with Gasteiger partial charge in [-0.1, -0.05) is 18.0 Å². The van der Waals surface area contributed by atoms with E-state index in [2.05, 4.69) is 15.5 Å². The molecule has 0 bridgehead atoms. The SMILES string of the molecule is Fc1ccc(NC2(N3CCNCC3)CCCCC2)cc1Cl. The number of piperazine rings is 1. The van der Waals surface area contributed by atoms with Crippen LogP contribution in [0.15, 0.2) is 18.2 Å². The number of benzene rings is 1. The second-order valence-corrected chi connectivity index (χ2v) is 6.49. The van der Waals surface area contributed by atoms with Crippen molar-refractivity contribution in [1.82, 2.24) is 10.2 Å². The molecule has 2 aliphatic rings. The molecule has 1 aromatic rings. The van der Waals surface area contributed by atoms with E-state index in [1.165, 1.54) is 25.3 Å². The zero-order valence-electron chi connectivity index (χ0n) is 12.3. The molecule has 0 unspecified atom stereocenters. The van der Waals surface area contributed by atoms with Gasteiger partial charge in [0.2, 0.25) is 0 Å². The van der Waals surface area contributed by atoms with Gasteiger partial charge in [0.1, 0.15) is 5.82 Å². The summed E-state index contributed by atoms with van der Waals surface area (Å²) in [6.45, 7) is 4.19. The molecule has 0 radical (unpaired) electrons. The molecular formula is C16H23ClFN3. The van der Waals surface area contributed by atoms with E-state index < -0.39 is 0 Å². The Morgan fingerprint density at radius 3 is 2.52 bits per heavy atom. The monoisotopic (exact) mass is 311 g/mol. The number of anilines is 1. The van der Waals surface area contributed by atoms with Gasteiger partial charge in [0.15, 0.2) is 0 Å². The van der Waals surface area contributed by atoms with E-state index in [-0.39, 0.29) is 16.5 Å². The van der Waals surface area contributed by atoms with Gasteiger partial charge in [-0.25, -0.2) is 4.39 Å². The van der Waals surface area contributed by atoms with Crippen LogP contribution in [-0.2, 0) is 0 Å². The Labute approximate surface area is 130 Å². The van der Waals surface area contributed by atoms with Crippen LogP contribution >= 0.6 is 11.6 Å². The minimum atomic E-state index is -0.359. The zero-order valence-corrected chi connectivity index (χ0v) is 13.1. The zero-order chi connectivity index (χ0) is 14.7. The topological polar surface area (TPSA) is 27.3 Å². The van der Waals surface area contributed by atoms with E-state index in [4.69, 9.17) is 11.6 Å². The van der Waals surface area contributed by atoms with E-state index in [0.29, 0.717) is 0 Å². The van der Waals surface area contributed by atoms with E-state index in [1.807, 2.05) is 0 Å².